The smallest absolute Gasteiger partial charge is 0.410 e. The molecule has 3 aliphatic heterocycles. The van der Waals surface area contributed by atoms with Gasteiger partial charge in [-0.1, -0.05) is 6.07 Å². The third-order valence-electron chi connectivity index (χ3n) is 6.15. The lowest BCUT2D eigenvalue weighted by Gasteiger charge is -2.32. The fourth-order valence-corrected chi connectivity index (χ4v) is 4.32. The highest BCUT2D eigenvalue weighted by atomic mass is 16.6. The van der Waals surface area contributed by atoms with E-state index >= 15 is 0 Å². The van der Waals surface area contributed by atoms with Gasteiger partial charge in [0, 0.05) is 62.4 Å². The van der Waals surface area contributed by atoms with Crippen LogP contribution in [0.15, 0.2) is 30.5 Å². The van der Waals surface area contributed by atoms with E-state index in [4.69, 9.17) is 4.74 Å². The number of amides is 2. The molecule has 1 aromatic heterocycles. The van der Waals surface area contributed by atoms with Crippen LogP contribution in [0.1, 0.15) is 22.4 Å². The lowest BCUT2D eigenvalue weighted by molar-refractivity contribution is -0.110. The van der Waals surface area contributed by atoms with E-state index in [0.29, 0.717) is 25.3 Å². The standard InChI is InChI=1S/C23H27N5O3/c1-26-4-6-27(7-5-26)14-17-10-18(24-13-17)12-20-19-11-16(2-3-21(19)25-22(20)29)15-28-8-9-31-23(28)30/h2-3,10-13,24H,4-9,14-15H2,1H3,(H,25,29)/b20-12-. The third-order valence-corrected chi connectivity index (χ3v) is 6.15. The minimum Gasteiger partial charge on any atom is -0.448 e. The molecule has 2 saturated heterocycles. The first-order valence-corrected chi connectivity index (χ1v) is 10.7. The largest absolute Gasteiger partial charge is 0.448 e. The molecule has 2 fully saturated rings. The Morgan fingerprint density at radius 3 is 2.65 bits per heavy atom. The van der Waals surface area contributed by atoms with Crippen molar-refractivity contribution in [3.05, 3.63) is 52.8 Å². The van der Waals surface area contributed by atoms with Crippen molar-refractivity contribution in [1.29, 1.82) is 0 Å². The molecule has 0 aliphatic carbocycles. The van der Waals surface area contributed by atoms with E-state index in [1.807, 2.05) is 30.5 Å². The Hall–Kier alpha value is -3.10. The predicted octanol–water partition coefficient (Wildman–Crippen LogP) is 2.21. The molecule has 0 atom stereocenters. The Kier molecular flexibility index (Phi) is 5.25. The molecule has 2 aromatic rings. The number of anilines is 1. The van der Waals surface area contributed by atoms with Gasteiger partial charge in [-0.25, -0.2) is 4.79 Å². The van der Waals surface area contributed by atoms with Gasteiger partial charge < -0.3 is 24.8 Å². The molecule has 8 nitrogen and oxygen atoms in total. The van der Waals surface area contributed by atoms with Crippen LogP contribution in [-0.2, 0) is 22.6 Å². The summed E-state index contributed by atoms with van der Waals surface area (Å²) in [4.78, 5) is 34.1. The van der Waals surface area contributed by atoms with Gasteiger partial charge in [0.25, 0.3) is 5.91 Å². The van der Waals surface area contributed by atoms with E-state index in [9.17, 15) is 9.59 Å². The highest BCUT2D eigenvalue weighted by Crippen LogP contribution is 2.34. The summed E-state index contributed by atoms with van der Waals surface area (Å²) >= 11 is 0. The van der Waals surface area contributed by atoms with Gasteiger partial charge in [-0.15, -0.1) is 0 Å². The molecule has 8 heteroatoms. The Labute approximate surface area is 181 Å². The van der Waals surface area contributed by atoms with E-state index in [1.165, 1.54) is 5.56 Å². The summed E-state index contributed by atoms with van der Waals surface area (Å²) in [5.74, 6) is -0.108. The number of fused-ring (bicyclic) bond motifs is 1. The van der Waals surface area contributed by atoms with Crippen molar-refractivity contribution in [2.45, 2.75) is 13.1 Å². The molecule has 0 radical (unpaired) electrons. The Morgan fingerprint density at radius 1 is 1.03 bits per heavy atom. The number of aromatic nitrogens is 1. The Morgan fingerprint density at radius 2 is 1.87 bits per heavy atom. The number of carbonyl (C=O) groups excluding carboxylic acids is 2. The normalized spacial score (nSPS) is 20.9. The van der Waals surface area contributed by atoms with Crippen LogP contribution < -0.4 is 5.32 Å². The van der Waals surface area contributed by atoms with Crippen LogP contribution in [0.5, 0.6) is 0 Å². The lowest BCUT2D eigenvalue weighted by Crippen LogP contribution is -2.43. The number of rotatable bonds is 5. The highest BCUT2D eigenvalue weighted by molar-refractivity contribution is 6.34. The topological polar surface area (TPSA) is 80.9 Å². The first-order valence-electron chi connectivity index (χ1n) is 10.7. The average molecular weight is 422 g/mol. The zero-order valence-corrected chi connectivity index (χ0v) is 17.7. The van der Waals surface area contributed by atoms with Gasteiger partial charge >= 0.3 is 6.09 Å². The maximum atomic E-state index is 12.6. The van der Waals surface area contributed by atoms with Crippen molar-refractivity contribution in [1.82, 2.24) is 19.7 Å². The van der Waals surface area contributed by atoms with Gasteiger partial charge in [0.1, 0.15) is 6.61 Å². The van der Waals surface area contributed by atoms with E-state index in [1.54, 1.807) is 4.90 Å². The molecule has 1 aromatic carbocycles. The summed E-state index contributed by atoms with van der Waals surface area (Å²) in [6, 6.07) is 7.94. The fraction of sp³-hybridized carbons (Fsp3) is 0.391. The number of cyclic esters (lactones) is 1. The summed E-state index contributed by atoms with van der Waals surface area (Å²) in [5, 5.41) is 2.93. The number of ether oxygens (including phenoxy) is 1. The number of H-pyrrole nitrogens is 1. The molecule has 0 unspecified atom stereocenters. The van der Waals surface area contributed by atoms with E-state index < -0.39 is 0 Å². The van der Waals surface area contributed by atoms with Crippen molar-refractivity contribution < 1.29 is 14.3 Å². The summed E-state index contributed by atoms with van der Waals surface area (Å²) in [7, 11) is 2.16. The van der Waals surface area contributed by atoms with E-state index in [-0.39, 0.29) is 12.0 Å². The summed E-state index contributed by atoms with van der Waals surface area (Å²) < 4.78 is 5.01. The zero-order valence-electron chi connectivity index (χ0n) is 17.7. The van der Waals surface area contributed by atoms with Crippen molar-refractivity contribution in [3.8, 4) is 0 Å². The molecule has 162 valence electrons. The van der Waals surface area contributed by atoms with Gasteiger partial charge in [-0.3, -0.25) is 9.69 Å². The van der Waals surface area contributed by atoms with Gasteiger partial charge in [-0.2, -0.15) is 0 Å². The number of aromatic amines is 1. The molecule has 0 spiro atoms. The Bertz CT molecular complexity index is 1040. The van der Waals surface area contributed by atoms with Crippen molar-refractivity contribution in [2.24, 2.45) is 0 Å². The van der Waals surface area contributed by atoms with Crippen LogP contribution in [0.3, 0.4) is 0 Å². The lowest BCUT2D eigenvalue weighted by atomic mass is 10.0. The summed E-state index contributed by atoms with van der Waals surface area (Å²) in [6.07, 6.45) is 3.64. The van der Waals surface area contributed by atoms with Crippen LogP contribution in [0, 0.1) is 0 Å². The van der Waals surface area contributed by atoms with Crippen LogP contribution >= 0.6 is 0 Å². The number of hydrogen-bond acceptors (Lipinski definition) is 5. The first-order chi connectivity index (χ1) is 15.0. The minimum atomic E-state index is -0.287. The van der Waals surface area contributed by atoms with Crippen LogP contribution in [0.2, 0.25) is 0 Å². The zero-order chi connectivity index (χ0) is 21.4. The third kappa shape index (κ3) is 4.22. The molecule has 2 N–H and O–H groups in total. The highest BCUT2D eigenvalue weighted by Gasteiger charge is 2.26. The Balaban J connectivity index is 1.33. The molecular weight excluding hydrogens is 394 g/mol. The summed E-state index contributed by atoms with van der Waals surface area (Å²) in [5.41, 5.74) is 5.40. The number of carbonyl (C=O) groups is 2. The number of benzene rings is 1. The minimum absolute atomic E-state index is 0.108. The van der Waals surface area contributed by atoms with Crippen LogP contribution in [0.25, 0.3) is 11.6 Å². The first kappa shape index (κ1) is 19.8. The SMILES string of the molecule is CN1CCN(Cc2c[nH]c(/C=C3\C(=O)Nc4ccc(CN5CCOC5=O)cc43)c2)CC1. The number of piperazine rings is 1. The average Bonchev–Trinajstić information content (AvgIpc) is 3.45. The number of nitrogens with zero attached hydrogens (tertiary/aromatic N) is 3. The van der Waals surface area contributed by atoms with Crippen molar-refractivity contribution in [3.63, 3.8) is 0 Å². The molecule has 3 aliphatic rings. The monoisotopic (exact) mass is 421 g/mol. The maximum absolute atomic E-state index is 12.6. The molecule has 5 rings (SSSR count). The van der Waals surface area contributed by atoms with E-state index in [0.717, 1.165) is 55.2 Å². The molecule has 0 bridgehead atoms. The predicted molar refractivity (Wildman–Crippen MR) is 118 cm³/mol. The number of hydrogen-bond donors (Lipinski definition) is 2. The van der Waals surface area contributed by atoms with Gasteiger partial charge in [0.05, 0.1) is 12.1 Å². The fourth-order valence-electron chi connectivity index (χ4n) is 4.32. The molecule has 31 heavy (non-hydrogen) atoms. The van der Waals surface area contributed by atoms with Gasteiger partial charge in [0.2, 0.25) is 0 Å². The molecule has 2 amide bonds. The molecular formula is C23H27N5O3. The van der Waals surface area contributed by atoms with Gasteiger partial charge in [-0.05, 0) is 42.4 Å². The van der Waals surface area contributed by atoms with Crippen molar-refractivity contribution in [2.75, 3.05) is 51.7 Å². The summed E-state index contributed by atoms with van der Waals surface area (Å²) in [6.45, 7) is 6.73. The van der Waals surface area contributed by atoms with Gasteiger partial charge in [0.15, 0.2) is 0 Å². The maximum Gasteiger partial charge on any atom is 0.410 e. The molecule has 4 heterocycles. The number of likely N-dealkylation sites (N-methyl/N-ethyl adjacent to an activating group) is 1. The van der Waals surface area contributed by atoms with Crippen LogP contribution in [0.4, 0.5) is 10.5 Å². The van der Waals surface area contributed by atoms with Crippen LogP contribution in [-0.4, -0.2) is 78.1 Å². The quantitative estimate of drug-likeness (QED) is 0.724. The molecule has 0 saturated carbocycles. The van der Waals surface area contributed by atoms with Crippen molar-refractivity contribution >= 4 is 29.3 Å². The second kappa shape index (κ2) is 8.20. The number of nitrogens with one attached hydrogen (secondary N) is 2. The van der Waals surface area contributed by atoms with E-state index in [2.05, 4.69) is 33.2 Å². The second-order valence-corrected chi connectivity index (χ2v) is 8.47. The second-order valence-electron chi connectivity index (χ2n) is 8.47.